The Morgan fingerprint density at radius 3 is 2.39 bits per heavy atom. The van der Waals surface area contributed by atoms with Crippen LogP contribution < -0.4 is 15.0 Å². The van der Waals surface area contributed by atoms with Gasteiger partial charge in [-0.25, -0.2) is 8.42 Å². The molecule has 0 unspecified atom stereocenters. The van der Waals surface area contributed by atoms with E-state index in [0.29, 0.717) is 55.5 Å². The summed E-state index contributed by atoms with van der Waals surface area (Å²) < 4.78 is 37.8. The molecular formula is C26H25N3O6S. The van der Waals surface area contributed by atoms with E-state index in [0.717, 1.165) is 5.56 Å². The fraction of sp³-hybridized carbons (Fsp3) is 0.231. The molecule has 2 aliphatic heterocycles. The van der Waals surface area contributed by atoms with Gasteiger partial charge in [0.25, 0.3) is 11.8 Å². The maximum Gasteiger partial charge on any atom is 0.265 e. The van der Waals surface area contributed by atoms with Crippen molar-refractivity contribution in [3.05, 3.63) is 83.9 Å². The van der Waals surface area contributed by atoms with Crippen molar-refractivity contribution >= 4 is 33.2 Å². The molecule has 2 amide bonds. The molecule has 5 rings (SSSR count). The first-order valence-corrected chi connectivity index (χ1v) is 13.0. The number of ether oxygens (including phenoxy) is 2. The second kappa shape index (κ2) is 10.1. The number of amides is 2. The number of hydrogen-bond donors (Lipinski definition) is 1. The van der Waals surface area contributed by atoms with Crippen LogP contribution in [0.15, 0.2) is 77.7 Å². The Bertz CT molecular complexity index is 1370. The molecule has 1 fully saturated rings. The number of rotatable bonds is 6. The normalized spacial score (nSPS) is 16.2. The number of carbonyl (C=O) groups excluding carboxylic acids is 2. The number of nitrogens with one attached hydrogen (secondary N) is 1. The van der Waals surface area contributed by atoms with Crippen molar-refractivity contribution in [3.8, 4) is 5.75 Å². The highest BCUT2D eigenvalue weighted by atomic mass is 32.2. The number of morpholine rings is 1. The summed E-state index contributed by atoms with van der Waals surface area (Å²) in [6.45, 7) is 1.66. The van der Waals surface area contributed by atoms with E-state index in [4.69, 9.17) is 9.47 Å². The van der Waals surface area contributed by atoms with Crippen molar-refractivity contribution in [1.29, 1.82) is 0 Å². The summed E-state index contributed by atoms with van der Waals surface area (Å²) in [6.07, 6.45) is 0. The van der Waals surface area contributed by atoms with Crippen LogP contribution in [0.5, 0.6) is 5.75 Å². The monoisotopic (exact) mass is 507 g/mol. The van der Waals surface area contributed by atoms with Gasteiger partial charge in [-0.05, 0) is 48.0 Å². The number of sulfonamides is 1. The van der Waals surface area contributed by atoms with Crippen LogP contribution in [0.1, 0.15) is 15.9 Å². The van der Waals surface area contributed by atoms with E-state index in [-0.39, 0.29) is 17.4 Å². The van der Waals surface area contributed by atoms with Gasteiger partial charge < -0.3 is 19.7 Å². The Balaban J connectivity index is 1.32. The quantitative estimate of drug-likeness (QED) is 0.550. The van der Waals surface area contributed by atoms with Gasteiger partial charge in [-0.1, -0.05) is 30.3 Å². The van der Waals surface area contributed by atoms with Gasteiger partial charge in [0.05, 0.1) is 30.3 Å². The van der Waals surface area contributed by atoms with E-state index in [2.05, 4.69) is 5.32 Å². The van der Waals surface area contributed by atoms with Crippen LogP contribution >= 0.6 is 0 Å². The molecule has 0 bridgehead atoms. The van der Waals surface area contributed by atoms with Gasteiger partial charge in [-0.15, -0.1) is 0 Å². The molecule has 9 nitrogen and oxygen atoms in total. The Morgan fingerprint density at radius 2 is 1.67 bits per heavy atom. The first-order chi connectivity index (χ1) is 17.4. The number of nitrogens with zero attached hydrogens (tertiary/aromatic N) is 2. The molecule has 0 atom stereocenters. The maximum absolute atomic E-state index is 12.9. The SMILES string of the molecule is O=C(Nc1ccc2c(c1)N(Cc1ccccc1)C(=O)CO2)c1ccc(S(=O)(=O)N2CCOCC2)cc1. The molecule has 0 radical (unpaired) electrons. The van der Waals surface area contributed by atoms with Gasteiger partial charge in [0.15, 0.2) is 6.61 Å². The predicted octanol–water partition coefficient (Wildman–Crippen LogP) is 2.89. The molecule has 1 saturated heterocycles. The smallest absolute Gasteiger partial charge is 0.265 e. The van der Waals surface area contributed by atoms with E-state index in [1.165, 1.54) is 28.6 Å². The van der Waals surface area contributed by atoms with E-state index < -0.39 is 15.9 Å². The van der Waals surface area contributed by atoms with Crippen LogP contribution in [0.25, 0.3) is 0 Å². The van der Waals surface area contributed by atoms with Crippen LogP contribution in [0, 0.1) is 0 Å². The molecule has 186 valence electrons. The highest BCUT2D eigenvalue weighted by molar-refractivity contribution is 7.89. The van der Waals surface area contributed by atoms with Gasteiger partial charge in [0.2, 0.25) is 10.0 Å². The summed E-state index contributed by atoms with van der Waals surface area (Å²) in [4.78, 5) is 27.2. The number of hydrogen-bond acceptors (Lipinski definition) is 6. The highest BCUT2D eigenvalue weighted by Crippen LogP contribution is 2.35. The lowest BCUT2D eigenvalue weighted by Crippen LogP contribution is -2.40. The maximum atomic E-state index is 12.9. The lowest BCUT2D eigenvalue weighted by atomic mass is 10.1. The minimum Gasteiger partial charge on any atom is -0.482 e. The van der Waals surface area contributed by atoms with E-state index >= 15 is 0 Å². The molecule has 0 aliphatic carbocycles. The third-order valence-corrected chi connectivity index (χ3v) is 7.98. The summed E-state index contributed by atoms with van der Waals surface area (Å²) in [7, 11) is -3.64. The Morgan fingerprint density at radius 1 is 0.944 bits per heavy atom. The zero-order valence-electron chi connectivity index (χ0n) is 19.4. The Kier molecular flexibility index (Phi) is 6.73. The van der Waals surface area contributed by atoms with Crippen molar-refractivity contribution in [2.45, 2.75) is 11.4 Å². The highest BCUT2D eigenvalue weighted by Gasteiger charge is 2.27. The molecule has 3 aromatic carbocycles. The fourth-order valence-electron chi connectivity index (χ4n) is 4.14. The average Bonchev–Trinajstić information content (AvgIpc) is 2.91. The number of fused-ring (bicyclic) bond motifs is 1. The third kappa shape index (κ3) is 4.97. The molecular weight excluding hydrogens is 482 g/mol. The Labute approximate surface area is 209 Å². The van der Waals surface area contributed by atoms with E-state index in [1.54, 1.807) is 23.1 Å². The first-order valence-electron chi connectivity index (χ1n) is 11.5. The van der Waals surface area contributed by atoms with Gasteiger partial charge >= 0.3 is 0 Å². The van der Waals surface area contributed by atoms with Crippen molar-refractivity contribution in [3.63, 3.8) is 0 Å². The summed E-state index contributed by atoms with van der Waals surface area (Å²) in [5.41, 5.74) is 2.34. The van der Waals surface area contributed by atoms with Crippen LogP contribution in [0.2, 0.25) is 0 Å². The minimum absolute atomic E-state index is 0.0503. The zero-order valence-corrected chi connectivity index (χ0v) is 20.2. The largest absolute Gasteiger partial charge is 0.482 e. The fourth-order valence-corrected chi connectivity index (χ4v) is 5.54. The molecule has 10 heteroatoms. The molecule has 0 aromatic heterocycles. The molecule has 36 heavy (non-hydrogen) atoms. The van der Waals surface area contributed by atoms with Crippen LogP contribution in [0.3, 0.4) is 0 Å². The van der Waals surface area contributed by atoms with Crippen LogP contribution in [-0.2, 0) is 26.1 Å². The second-order valence-corrected chi connectivity index (χ2v) is 10.4. The molecule has 0 spiro atoms. The van der Waals surface area contributed by atoms with E-state index in [9.17, 15) is 18.0 Å². The number of carbonyl (C=O) groups is 2. The molecule has 2 aliphatic rings. The third-order valence-electron chi connectivity index (χ3n) is 6.07. The summed E-state index contributed by atoms with van der Waals surface area (Å²) >= 11 is 0. The van der Waals surface area contributed by atoms with Crippen LogP contribution in [0.4, 0.5) is 11.4 Å². The minimum atomic E-state index is -3.64. The van der Waals surface area contributed by atoms with Crippen molar-refractivity contribution < 1.29 is 27.5 Å². The van der Waals surface area contributed by atoms with Crippen LogP contribution in [-0.4, -0.2) is 57.4 Å². The van der Waals surface area contributed by atoms with Crippen molar-refractivity contribution in [2.75, 3.05) is 43.1 Å². The van der Waals surface area contributed by atoms with Gasteiger partial charge in [-0.3, -0.25) is 9.59 Å². The van der Waals surface area contributed by atoms with Gasteiger partial charge in [0, 0.05) is 24.3 Å². The van der Waals surface area contributed by atoms with Gasteiger partial charge in [-0.2, -0.15) is 4.31 Å². The molecule has 2 heterocycles. The second-order valence-electron chi connectivity index (χ2n) is 8.43. The molecule has 1 N–H and O–H groups in total. The Hall–Kier alpha value is -3.73. The van der Waals surface area contributed by atoms with Gasteiger partial charge in [0.1, 0.15) is 5.75 Å². The summed E-state index contributed by atoms with van der Waals surface area (Å²) in [6, 6.07) is 20.6. The topological polar surface area (TPSA) is 105 Å². The number of benzene rings is 3. The lowest BCUT2D eigenvalue weighted by Gasteiger charge is -2.30. The summed E-state index contributed by atoms with van der Waals surface area (Å²) in [5, 5.41) is 2.82. The van der Waals surface area contributed by atoms with Crippen molar-refractivity contribution in [1.82, 2.24) is 4.31 Å². The standard InChI is InChI=1S/C26H25N3O6S/c30-25-18-35-24-11-8-21(16-23(24)29(25)17-19-4-2-1-3-5-19)27-26(31)20-6-9-22(10-7-20)36(32,33)28-12-14-34-15-13-28/h1-11,16H,12-15,17-18H2,(H,27,31). The first kappa shape index (κ1) is 24.0. The number of anilines is 2. The van der Waals surface area contributed by atoms with E-state index in [1.807, 2.05) is 30.3 Å². The predicted molar refractivity (Wildman–Crippen MR) is 134 cm³/mol. The molecule has 0 saturated carbocycles. The lowest BCUT2D eigenvalue weighted by molar-refractivity contribution is -0.121. The zero-order chi connectivity index (χ0) is 25.1. The van der Waals surface area contributed by atoms with Crippen molar-refractivity contribution in [2.24, 2.45) is 0 Å². The summed E-state index contributed by atoms with van der Waals surface area (Å²) in [5.74, 6) is -0.0176. The molecule has 3 aromatic rings. The average molecular weight is 508 g/mol.